The lowest BCUT2D eigenvalue weighted by Gasteiger charge is -2.32. The van der Waals surface area contributed by atoms with Crippen LogP contribution in [0.4, 0.5) is 8.78 Å². The SMILES string of the molecule is Cc1cc(Cl)c(F)c(OC2CCN(Cc3cc(F)c(C(N)=O)cc3C3CC3)CC2)c1.O=S([O-])C1CC1. The zero-order valence-corrected chi connectivity index (χ0v) is 21.7. The number of piperidine rings is 1. The van der Waals surface area contributed by atoms with Crippen LogP contribution in [0.2, 0.25) is 5.02 Å². The zero-order valence-electron chi connectivity index (χ0n) is 20.1. The molecule has 1 unspecified atom stereocenters. The van der Waals surface area contributed by atoms with E-state index in [0.29, 0.717) is 12.5 Å². The molecule has 196 valence electrons. The number of primary amides is 1. The van der Waals surface area contributed by atoms with Gasteiger partial charge in [0.05, 0.1) is 10.6 Å². The van der Waals surface area contributed by atoms with Gasteiger partial charge in [0, 0.05) is 24.9 Å². The van der Waals surface area contributed by atoms with Gasteiger partial charge in [0.25, 0.3) is 5.91 Å². The third kappa shape index (κ3) is 7.03. The van der Waals surface area contributed by atoms with E-state index in [1.54, 1.807) is 18.2 Å². The Hall–Kier alpha value is -2.07. The summed E-state index contributed by atoms with van der Waals surface area (Å²) >= 11 is 4.16. The van der Waals surface area contributed by atoms with E-state index < -0.39 is 28.6 Å². The number of hydrogen-bond donors (Lipinski definition) is 1. The van der Waals surface area contributed by atoms with Crippen molar-refractivity contribution in [3.05, 3.63) is 63.2 Å². The van der Waals surface area contributed by atoms with E-state index in [-0.39, 0.29) is 27.7 Å². The van der Waals surface area contributed by atoms with Gasteiger partial charge in [0.1, 0.15) is 11.9 Å². The lowest BCUT2D eigenvalue weighted by atomic mass is 9.97. The fraction of sp³-hybridized carbons (Fsp3) is 0.500. The Morgan fingerprint density at radius 1 is 1.14 bits per heavy atom. The molecule has 2 aliphatic carbocycles. The van der Waals surface area contributed by atoms with Gasteiger partial charge in [0.15, 0.2) is 11.6 Å². The van der Waals surface area contributed by atoms with Gasteiger partial charge in [-0.3, -0.25) is 13.9 Å². The molecule has 1 aliphatic heterocycles. The van der Waals surface area contributed by atoms with Crippen LogP contribution in [0.3, 0.4) is 0 Å². The molecule has 2 aromatic carbocycles. The molecule has 10 heteroatoms. The van der Waals surface area contributed by atoms with Crippen molar-refractivity contribution in [2.75, 3.05) is 13.1 Å². The summed E-state index contributed by atoms with van der Waals surface area (Å²) in [7, 11) is 0. The summed E-state index contributed by atoms with van der Waals surface area (Å²) in [6.45, 7) is 3.98. The summed E-state index contributed by atoms with van der Waals surface area (Å²) in [6.07, 6.45) is 5.27. The predicted octanol–water partition coefficient (Wildman–Crippen LogP) is 4.97. The van der Waals surface area contributed by atoms with Crippen LogP contribution < -0.4 is 10.5 Å². The Morgan fingerprint density at radius 3 is 2.33 bits per heavy atom. The number of rotatable bonds is 7. The molecule has 1 amide bonds. The fourth-order valence-corrected chi connectivity index (χ4v) is 5.16. The molecule has 0 aromatic heterocycles. The minimum atomic E-state index is -1.76. The maximum atomic E-state index is 14.3. The fourth-order valence-electron chi connectivity index (χ4n) is 4.38. The Labute approximate surface area is 217 Å². The van der Waals surface area contributed by atoms with Crippen LogP contribution >= 0.6 is 11.6 Å². The number of amides is 1. The summed E-state index contributed by atoms with van der Waals surface area (Å²) in [5, 5.41) is 0.0847. The van der Waals surface area contributed by atoms with Gasteiger partial charge in [-0.15, -0.1) is 0 Å². The third-order valence-electron chi connectivity index (χ3n) is 6.67. The average molecular weight is 540 g/mol. The van der Waals surface area contributed by atoms with Crippen LogP contribution in [-0.2, 0) is 17.6 Å². The van der Waals surface area contributed by atoms with E-state index in [4.69, 9.17) is 22.1 Å². The number of hydrogen-bond acceptors (Lipinski definition) is 5. The number of nitrogens with two attached hydrogens (primary N) is 1. The lowest BCUT2D eigenvalue weighted by Crippen LogP contribution is -2.38. The normalized spacial score (nSPS) is 19.4. The van der Waals surface area contributed by atoms with Crippen molar-refractivity contribution in [3.8, 4) is 5.75 Å². The molecule has 1 atom stereocenters. The maximum Gasteiger partial charge on any atom is 0.251 e. The quantitative estimate of drug-likeness (QED) is 0.501. The molecule has 6 nitrogen and oxygen atoms in total. The van der Waals surface area contributed by atoms with Gasteiger partial charge in [-0.25, -0.2) is 8.78 Å². The van der Waals surface area contributed by atoms with Crippen molar-refractivity contribution in [2.24, 2.45) is 5.73 Å². The van der Waals surface area contributed by atoms with Crippen molar-refractivity contribution in [2.45, 2.75) is 69.3 Å². The van der Waals surface area contributed by atoms with E-state index in [1.807, 2.05) is 6.92 Å². The van der Waals surface area contributed by atoms with Gasteiger partial charge < -0.3 is 15.0 Å². The second kappa shape index (κ2) is 11.5. The van der Waals surface area contributed by atoms with Crippen molar-refractivity contribution in [1.29, 1.82) is 0 Å². The highest BCUT2D eigenvalue weighted by molar-refractivity contribution is 7.80. The predicted molar refractivity (Wildman–Crippen MR) is 134 cm³/mol. The molecule has 0 bridgehead atoms. The van der Waals surface area contributed by atoms with Crippen molar-refractivity contribution < 1.29 is 27.1 Å². The molecule has 5 rings (SSSR count). The number of carbonyl (C=O) groups is 1. The second-order valence-electron chi connectivity index (χ2n) is 9.78. The number of halogens is 3. The van der Waals surface area contributed by atoms with E-state index >= 15 is 0 Å². The molecule has 2 saturated carbocycles. The molecular formula is C26H30ClF2N2O4S-. The van der Waals surface area contributed by atoms with Gasteiger partial charge in [0.2, 0.25) is 0 Å². The molecule has 36 heavy (non-hydrogen) atoms. The Bertz CT molecular complexity index is 1150. The minimum absolute atomic E-state index is 0.0185. The van der Waals surface area contributed by atoms with E-state index in [9.17, 15) is 22.3 Å². The second-order valence-corrected chi connectivity index (χ2v) is 11.4. The molecule has 3 fully saturated rings. The highest BCUT2D eigenvalue weighted by Crippen LogP contribution is 2.43. The van der Waals surface area contributed by atoms with Crippen LogP contribution in [0.1, 0.15) is 71.5 Å². The first-order valence-electron chi connectivity index (χ1n) is 12.2. The molecule has 0 spiro atoms. The summed E-state index contributed by atoms with van der Waals surface area (Å²) in [5.74, 6) is -1.25. The standard InChI is InChI=1S/C23H25ClF2N2O2.C3H6O2S/c1-13-8-19(24)22(26)21(9-13)30-16-4-6-28(7-5-16)12-15-10-20(25)18(23(27)29)11-17(15)14-2-3-14;4-6(5)3-1-2-3/h8-11,14,16H,2-7,12H2,1H3,(H2,27,29);3H,1-2H2,(H,4,5)/p-1. The number of nitrogens with zero attached hydrogens (tertiary/aromatic N) is 1. The van der Waals surface area contributed by atoms with Gasteiger partial charge >= 0.3 is 0 Å². The molecule has 0 radical (unpaired) electrons. The summed E-state index contributed by atoms with van der Waals surface area (Å²) in [5.41, 5.74) is 8.06. The van der Waals surface area contributed by atoms with Crippen LogP contribution in [0.25, 0.3) is 0 Å². The van der Waals surface area contributed by atoms with Crippen LogP contribution in [0.5, 0.6) is 5.75 Å². The number of benzene rings is 2. The number of carbonyl (C=O) groups excluding carboxylic acids is 1. The molecule has 1 saturated heterocycles. The number of ether oxygens (including phenoxy) is 1. The summed E-state index contributed by atoms with van der Waals surface area (Å²) in [6, 6.07) is 6.33. The van der Waals surface area contributed by atoms with Crippen LogP contribution in [-0.4, -0.2) is 44.0 Å². The van der Waals surface area contributed by atoms with Crippen LogP contribution in [0, 0.1) is 18.6 Å². The first-order chi connectivity index (χ1) is 17.1. The van der Waals surface area contributed by atoms with Crippen molar-refractivity contribution >= 4 is 28.6 Å². The Balaban J connectivity index is 0.000000445. The van der Waals surface area contributed by atoms with E-state index in [1.165, 1.54) is 6.07 Å². The first kappa shape index (κ1) is 27.0. The smallest absolute Gasteiger partial charge is 0.251 e. The monoisotopic (exact) mass is 539 g/mol. The molecule has 2 N–H and O–H groups in total. The van der Waals surface area contributed by atoms with E-state index in [2.05, 4.69) is 4.90 Å². The topological polar surface area (TPSA) is 95.7 Å². The summed E-state index contributed by atoms with van der Waals surface area (Å²) in [4.78, 5) is 13.7. The van der Waals surface area contributed by atoms with Crippen molar-refractivity contribution in [1.82, 2.24) is 4.90 Å². The maximum absolute atomic E-state index is 14.3. The van der Waals surface area contributed by atoms with Crippen LogP contribution in [0.15, 0.2) is 24.3 Å². The first-order valence-corrected chi connectivity index (χ1v) is 13.7. The van der Waals surface area contributed by atoms with Crippen molar-refractivity contribution in [3.63, 3.8) is 0 Å². The minimum Gasteiger partial charge on any atom is -0.772 e. The molecule has 1 heterocycles. The van der Waals surface area contributed by atoms with E-state index in [0.717, 1.165) is 68.3 Å². The van der Waals surface area contributed by atoms with Gasteiger partial charge in [-0.05, 0) is 92.3 Å². The Morgan fingerprint density at radius 2 is 1.81 bits per heavy atom. The van der Waals surface area contributed by atoms with Gasteiger partial charge in [-0.1, -0.05) is 22.7 Å². The average Bonchev–Trinajstić information content (AvgIpc) is 3.71. The zero-order chi connectivity index (χ0) is 26.0. The van der Waals surface area contributed by atoms with Gasteiger partial charge in [-0.2, -0.15) is 0 Å². The molecule has 2 aromatic rings. The lowest BCUT2D eigenvalue weighted by molar-refractivity contribution is 0.0932. The summed E-state index contributed by atoms with van der Waals surface area (Å²) < 4.78 is 54.0. The number of aryl methyl sites for hydroxylation is 1. The third-order valence-corrected chi connectivity index (χ3v) is 7.96. The highest BCUT2D eigenvalue weighted by atomic mass is 35.5. The Kier molecular flexibility index (Phi) is 8.65. The largest absolute Gasteiger partial charge is 0.772 e. The number of likely N-dealkylation sites (tertiary alicyclic amines) is 1. The highest BCUT2D eigenvalue weighted by Gasteiger charge is 2.30. The molecular weight excluding hydrogens is 510 g/mol. The molecule has 3 aliphatic rings.